The summed E-state index contributed by atoms with van der Waals surface area (Å²) in [6.07, 6.45) is 0. The summed E-state index contributed by atoms with van der Waals surface area (Å²) in [4.78, 5) is 21.7. The first kappa shape index (κ1) is 17.6. The number of benzene rings is 1. The fraction of sp³-hybridized carbons (Fsp3) is 0.286. The molecule has 0 fully saturated rings. The summed E-state index contributed by atoms with van der Waals surface area (Å²) in [6, 6.07) is 5.70. The number of hydrogen-bond donors (Lipinski definition) is 1. The normalized spacial score (nSPS) is 8.95. The van der Waals surface area contributed by atoms with Gasteiger partial charge in [-0.25, -0.2) is 14.0 Å². The van der Waals surface area contributed by atoms with E-state index in [-0.39, 0.29) is 24.6 Å². The van der Waals surface area contributed by atoms with Crippen LogP contribution in [0.2, 0.25) is 0 Å². The van der Waals surface area contributed by atoms with Crippen LogP contribution in [-0.4, -0.2) is 25.2 Å². The smallest absolute Gasteiger partial charge is 0.344 e. The van der Waals surface area contributed by atoms with Crippen LogP contribution in [0, 0.1) is 5.82 Å². The summed E-state index contributed by atoms with van der Waals surface area (Å²) >= 11 is 0. The number of carbonyl (C=O) groups is 2. The molecule has 1 aromatic carbocycles. The predicted octanol–water partition coefficient (Wildman–Crippen LogP) is 2.08. The van der Waals surface area contributed by atoms with E-state index >= 15 is 0 Å². The molecule has 0 spiro atoms. The van der Waals surface area contributed by atoms with Gasteiger partial charge in [0.05, 0.1) is 13.2 Å². The lowest BCUT2D eigenvalue weighted by molar-refractivity contribution is -0.146. The molecule has 0 unspecified atom stereocenters. The fourth-order valence-electron chi connectivity index (χ4n) is 0.983. The van der Waals surface area contributed by atoms with E-state index in [9.17, 15) is 14.0 Å². The summed E-state index contributed by atoms with van der Waals surface area (Å²) in [7, 11) is 0. The molecule has 110 valence electrons. The van der Waals surface area contributed by atoms with Crippen molar-refractivity contribution in [3.63, 3.8) is 0 Å². The van der Waals surface area contributed by atoms with Crippen molar-refractivity contribution < 1.29 is 23.5 Å². The van der Waals surface area contributed by atoms with Crippen LogP contribution in [0.5, 0.6) is 0 Å². The summed E-state index contributed by atoms with van der Waals surface area (Å²) in [5, 5.41) is 0. The van der Waals surface area contributed by atoms with Crippen molar-refractivity contribution in [3.8, 4) is 0 Å². The fourth-order valence-corrected chi connectivity index (χ4v) is 0.983. The average molecular weight is 283 g/mol. The van der Waals surface area contributed by atoms with Crippen LogP contribution in [0.4, 0.5) is 10.1 Å². The quantitative estimate of drug-likeness (QED) is 0.301. The lowest BCUT2D eigenvalue weighted by Crippen LogP contribution is -2.17. The van der Waals surface area contributed by atoms with Gasteiger partial charge in [0.25, 0.3) is 0 Å². The van der Waals surface area contributed by atoms with E-state index < -0.39 is 11.9 Å². The number of rotatable bonds is 4. The van der Waals surface area contributed by atoms with Crippen LogP contribution in [0.3, 0.4) is 0 Å². The molecule has 0 saturated carbocycles. The summed E-state index contributed by atoms with van der Waals surface area (Å²) in [6.45, 7) is 6.98. The zero-order chi connectivity index (χ0) is 15.5. The first-order valence-electron chi connectivity index (χ1n) is 5.96. The average Bonchev–Trinajstić information content (AvgIpc) is 2.42. The summed E-state index contributed by atoms with van der Waals surface area (Å²) in [5.41, 5.74) is 5.58. The van der Waals surface area contributed by atoms with Crippen molar-refractivity contribution in [1.82, 2.24) is 0 Å². The molecule has 0 aliphatic heterocycles. The number of carbonyl (C=O) groups excluding carboxylic acids is 2. The zero-order valence-electron chi connectivity index (χ0n) is 11.5. The minimum Gasteiger partial charge on any atom is -0.462 e. The highest BCUT2D eigenvalue weighted by Gasteiger charge is 2.17. The van der Waals surface area contributed by atoms with Gasteiger partial charge in [0.1, 0.15) is 11.4 Å². The lowest BCUT2D eigenvalue weighted by atomic mass is 10.3. The van der Waals surface area contributed by atoms with Gasteiger partial charge in [-0.15, -0.1) is 0 Å². The Morgan fingerprint density at radius 2 is 1.50 bits per heavy atom. The van der Waals surface area contributed by atoms with Crippen LogP contribution in [0.1, 0.15) is 13.8 Å². The predicted molar refractivity (Wildman–Crippen MR) is 73.2 cm³/mol. The van der Waals surface area contributed by atoms with Crippen LogP contribution < -0.4 is 5.73 Å². The number of nitrogen functional groups attached to an aromatic ring is 1. The molecule has 0 aliphatic carbocycles. The van der Waals surface area contributed by atoms with Gasteiger partial charge >= 0.3 is 11.9 Å². The highest BCUT2D eigenvalue weighted by Crippen LogP contribution is 2.01. The van der Waals surface area contributed by atoms with Gasteiger partial charge in [-0.3, -0.25) is 0 Å². The molecular formula is C14H18FNO4. The number of anilines is 1. The first-order valence-corrected chi connectivity index (χ1v) is 5.96. The van der Waals surface area contributed by atoms with E-state index in [1.165, 1.54) is 24.3 Å². The summed E-state index contributed by atoms with van der Waals surface area (Å²) in [5.74, 6) is -1.70. The Morgan fingerprint density at radius 3 is 1.80 bits per heavy atom. The third kappa shape index (κ3) is 7.15. The molecule has 0 radical (unpaired) electrons. The zero-order valence-corrected chi connectivity index (χ0v) is 11.5. The molecule has 2 N–H and O–H groups in total. The number of halogens is 1. The van der Waals surface area contributed by atoms with Crippen molar-refractivity contribution >= 4 is 17.6 Å². The minimum atomic E-state index is -0.726. The Labute approximate surface area is 117 Å². The molecular weight excluding hydrogens is 265 g/mol. The summed E-state index contributed by atoms with van der Waals surface area (Å²) < 4.78 is 21.1. The van der Waals surface area contributed by atoms with Crippen LogP contribution in [0.25, 0.3) is 0 Å². The Hall–Kier alpha value is -2.37. The number of ether oxygens (including phenoxy) is 2. The molecule has 0 aromatic heterocycles. The van der Waals surface area contributed by atoms with Crippen LogP contribution in [-0.2, 0) is 19.1 Å². The van der Waals surface area contributed by atoms with Crippen molar-refractivity contribution in [2.24, 2.45) is 0 Å². The monoisotopic (exact) mass is 283 g/mol. The van der Waals surface area contributed by atoms with Gasteiger partial charge in [-0.2, -0.15) is 0 Å². The van der Waals surface area contributed by atoms with Crippen molar-refractivity contribution in [1.29, 1.82) is 0 Å². The third-order valence-corrected chi connectivity index (χ3v) is 1.91. The maximum absolute atomic E-state index is 12.0. The van der Waals surface area contributed by atoms with Gasteiger partial charge < -0.3 is 15.2 Å². The van der Waals surface area contributed by atoms with Crippen molar-refractivity contribution in [2.45, 2.75) is 13.8 Å². The van der Waals surface area contributed by atoms with Crippen LogP contribution in [0.15, 0.2) is 36.4 Å². The Bertz CT molecular complexity index is 416. The van der Waals surface area contributed by atoms with Crippen molar-refractivity contribution in [2.75, 3.05) is 18.9 Å². The second-order valence-corrected chi connectivity index (χ2v) is 3.47. The molecule has 0 heterocycles. The maximum atomic E-state index is 12.0. The Kier molecular flexibility index (Phi) is 8.41. The largest absolute Gasteiger partial charge is 0.462 e. The van der Waals surface area contributed by atoms with Gasteiger partial charge in [-0.05, 0) is 38.1 Å². The van der Waals surface area contributed by atoms with Crippen molar-refractivity contribution in [3.05, 3.63) is 42.2 Å². The van der Waals surface area contributed by atoms with Gasteiger partial charge in [0, 0.05) is 5.69 Å². The van der Waals surface area contributed by atoms with E-state index in [0.717, 1.165) is 0 Å². The second-order valence-electron chi connectivity index (χ2n) is 3.47. The van der Waals surface area contributed by atoms with Crippen LogP contribution >= 0.6 is 0 Å². The molecule has 0 amide bonds. The van der Waals surface area contributed by atoms with E-state index in [0.29, 0.717) is 5.69 Å². The Morgan fingerprint density at radius 1 is 1.10 bits per heavy atom. The highest BCUT2D eigenvalue weighted by atomic mass is 19.1. The second kappa shape index (κ2) is 9.55. The van der Waals surface area contributed by atoms with Gasteiger partial charge in [-0.1, -0.05) is 6.58 Å². The van der Waals surface area contributed by atoms with E-state index in [2.05, 4.69) is 16.1 Å². The molecule has 0 atom stereocenters. The maximum Gasteiger partial charge on any atom is 0.344 e. The number of hydrogen-bond acceptors (Lipinski definition) is 5. The van der Waals surface area contributed by atoms with Gasteiger partial charge in [0.15, 0.2) is 0 Å². The molecule has 6 heteroatoms. The molecule has 20 heavy (non-hydrogen) atoms. The molecule has 0 saturated heterocycles. The molecule has 1 rings (SSSR count). The van der Waals surface area contributed by atoms with Gasteiger partial charge in [0.2, 0.25) is 0 Å². The third-order valence-electron chi connectivity index (χ3n) is 1.91. The highest BCUT2D eigenvalue weighted by molar-refractivity contribution is 6.13. The van der Waals surface area contributed by atoms with E-state index in [1.807, 2.05) is 0 Å². The first-order chi connectivity index (χ1) is 9.42. The topological polar surface area (TPSA) is 78.6 Å². The standard InChI is InChI=1S/C8H12O4.C6H6FN/c1-4-11-7(9)6(3)8(10)12-5-2;7-5-1-3-6(8)4-2-5/h3-5H2,1-2H3;1-4H,8H2. The number of esters is 2. The number of nitrogens with two attached hydrogens (primary N) is 1. The molecule has 0 aliphatic rings. The van der Waals surface area contributed by atoms with E-state index in [4.69, 9.17) is 5.73 Å². The molecule has 5 nitrogen and oxygen atoms in total. The lowest BCUT2D eigenvalue weighted by Gasteiger charge is -2.03. The minimum absolute atomic E-state index is 0.220. The SMILES string of the molecule is C=C(C(=O)OCC)C(=O)OCC.Nc1ccc(F)cc1. The van der Waals surface area contributed by atoms with E-state index in [1.54, 1.807) is 13.8 Å². The molecule has 0 bridgehead atoms. The Balaban J connectivity index is 0.000000388. The molecule has 1 aromatic rings.